The Labute approximate surface area is 72.7 Å². The Morgan fingerprint density at radius 3 is 3.17 bits per heavy atom. The minimum Gasteiger partial charge on any atom is -0.368 e. The molecule has 1 rings (SSSR count). The van der Waals surface area contributed by atoms with Gasteiger partial charge in [-0.1, -0.05) is 5.92 Å². The van der Waals surface area contributed by atoms with Crippen LogP contribution in [0.4, 0.5) is 0 Å². The van der Waals surface area contributed by atoms with Gasteiger partial charge in [-0.3, -0.25) is 4.79 Å². The van der Waals surface area contributed by atoms with Gasteiger partial charge in [0.1, 0.15) is 6.61 Å². The third-order valence-electron chi connectivity index (χ3n) is 2.01. The zero-order valence-corrected chi connectivity index (χ0v) is 7.03. The Morgan fingerprint density at radius 2 is 2.58 bits per heavy atom. The number of ether oxygens (including phenoxy) is 1. The molecular weight excluding hydrogens is 154 g/mol. The van der Waals surface area contributed by atoms with Crippen LogP contribution in [0.25, 0.3) is 0 Å². The van der Waals surface area contributed by atoms with E-state index >= 15 is 0 Å². The van der Waals surface area contributed by atoms with Crippen molar-refractivity contribution in [1.82, 2.24) is 4.90 Å². The Balaban J connectivity index is 2.11. The molecule has 12 heavy (non-hydrogen) atoms. The third kappa shape index (κ3) is 2.55. The fourth-order valence-corrected chi connectivity index (χ4v) is 1.38. The summed E-state index contributed by atoms with van der Waals surface area (Å²) in [6.07, 6.45) is 6.95. The topological polar surface area (TPSA) is 29.5 Å². The summed E-state index contributed by atoms with van der Waals surface area (Å²) in [6, 6.07) is 0. The molecular formula is C9H13NO2. The third-order valence-corrected chi connectivity index (χ3v) is 2.01. The summed E-state index contributed by atoms with van der Waals surface area (Å²) in [6.45, 7) is 2.72. The molecule has 0 aromatic heterocycles. The molecule has 0 N–H and O–H groups in total. The Morgan fingerprint density at radius 1 is 1.75 bits per heavy atom. The molecule has 1 amide bonds. The Kier molecular flexibility index (Phi) is 3.62. The highest BCUT2D eigenvalue weighted by Gasteiger charge is 2.20. The highest BCUT2D eigenvalue weighted by Crippen LogP contribution is 2.14. The number of likely N-dealkylation sites (tertiary alicyclic amines) is 1. The van der Waals surface area contributed by atoms with Crippen LogP contribution in [-0.2, 0) is 9.53 Å². The largest absolute Gasteiger partial charge is 0.368 e. The number of amides is 1. The molecule has 1 aliphatic rings. The van der Waals surface area contributed by atoms with Crippen molar-refractivity contribution in [3.63, 3.8) is 0 Å². The van der Waals surface area contributed by atoms with E-state index < -0.39 is 0 Å². The zero-order chi connectivity index (χ0) is 8.81. The average Bonchev–Trinajstić information content (AvgIpc) is 2.53. The molecule has 1 unspecified atom stereocenters. The van der Waals surface area contributed by atoms with E-state index in [0.29, 0.717) is 19.1 Å². The zero-order valence-electron chi connectivity index (χ0n) is 7.03. The van der Waals surface area contributed by atoms with Crippen molar-refractivity contribution in [3.8, 4) is 12.3 Å². The molecule has 3 nitrogen and oxygen atoms in total. The normalized spacial score (nSPS) is 22.2. The standard InChI is InChI=1S/C9H13NO2/c1-2-5-12-7-9-3-4-10(6-9)8-11/h1,8-9H,3-7H2. The molecule has 1 atom stereocenters. The van der Waals surface area contributed by atoms with E-state index in [0.717, 1.165) is 25.9 Å². The smallest absolute Gasteiger partial charge is 0.209 e. The summed E-state index contributed by atoms with van der Waals surface area (Å²) in [5, 5.41) is 0. The number of hydrogen-bond donors (Lipinski definition) is 0. The number of terminal acetylenes is 1. The molecule has 0 aromatic carbocycles. The van der Waals surface area contributed by atoms with Crippen LogP contribution in [0.5, 0.6) is 0 Å². The van der Waals surface area contributed by atoms with Gasteiger partial charge in [-0.05, 0) is 6.42 Å². The number of nitrogens with zero attached hydrogens (tertiary/aromatic N) is 1. The summed E-state index contributed by atoms with van der Waals surface area (Å²) in [5.74, 6) is 2.89. The van der Waals surface area contributed by atoms with Crippen LogP contribution >= 0.6 is 0 Å². The fourth-order valence-electron chi connectivity index (χ4n) is 1.38. The van der Waals surface area contributed by atoms with Crippen LogP contribution < -0.4 is 0 Å². The molecule has 0 aromatic rings. The molecule has 66 valence electrons. The number of carbonyl (C=O) groups excluding carboxylic acids is 1. The van der Waals surface area contributed by atoms with Crippen molar-refractivity contribution in [3.05, 3.63) is 0 Å². The second kappa shape index (κ2) is 4.78. The lowest BCUT2D eigenvalue weighted by atomic mass is 10.1. The van der Waals surface area contributed by atoms with Gasteiger partial charge in [0, 0.05) is 19.0 Å². The number of carbonyl (C=O) groups is 1. The van der Waals surface area contributed by atoms with Gasteiger partial charge in [-0.15, -0.1) is 6.42 Å². The average molecular weight is 167 g/mol. The van der Waals surface area contributed by atoms with Crippen molar-refractivity contribution < 1.29 is 9.53 Å². The second-order valence-electron chi connectivity index (χ2n) is 2.97. The highest BCUT2D eigenvalue weighted by molar-refractivity contribution is 5.47. The molecule has 0 spiro atoms. The van der Waals surface area contributed by atoms with E-state index in [1.165, 1.54) is 0 Å². The molecule has 0 radical (unpaired) electrons. The summed E-state index contributed by atoms with van der Waals surface area (Å²) in [7, 11) is 0. The molecule has 0 bridgehead atoms. The van der Waals surface area contributed by atoms with Crippen molar-refractivity contribution in [1.29, 1.82) is 0 Å². The first kappa shape index (κ1) is 9.08. The van der Waals surface area contributed by atoms with Gasteiger partial charge in [-0.2, -0.15) is 0 Å². The van der Waals surface area contributed by atoms with E-state index in [-0.39, 0.29) is 0 Å². The lowest BCUT2D eigenvalue weighted by Crippen LogP contribution is -2.19. The van der Waals surface area contributed by atoms with Gasteiger partial charge in [0.15, 0.2) is 0 Å². The minimum absolute atomic E-state index is 0.373. The quantitative estimate of drug-likeness (QED) is 0.338. The van der Waals surface area contributed by atoms with Gasteiger partial charge < -0.3 is 9.64 Å². The van der Waals surface area contributed by atoms with Crippen molar-refractivity contribution in [2.45, 2.75) is 6.42 Å². The van der Waals surface area contributed by atoms with Crippen LogP contribution in [0, 0.1) is 18.3 Å². The maximum absolute atomic E-state index is 10.3. The molecule has 1 saturated heterocycles. The van der Waals surface area contributed by atoms with Gasteiger partial charge >= 0.3 is 0 Å². The van der Waals surface area contributed by atoms with Gasteiger partial charge in [-0.25, -0.2) is 0 Å². The maximum Gasteiger partial charge on any atom is 0.209 e. The van der Waals surface area contributed by atoms with Crippen molar-refractivity contribution in [2.24, 2.45) is 5.92 Å². The number of rotatable bonds is 4. The second-order valence-corrected chi connectivity index (χ2v) is 2.97. The minimum atomic E-state index is 0.373. The van der Waals surface area contributed by atoms with Crippen LogP contribution in [0.3, 0.4) is 0 Å². The monoisotopic (exact) mass is 167 g/mol. The predicted octanol–water partition coefficient (Wildman–Crippen LogP) is 0.114. The van der Waals surface area contributed by atoms with E-state index in [1.807, 2.05) is 0 Å². The summed E-state index contributed by atoms with van der Waals surface area (Å²) in [4.78, 5) is 12.1. The number of hydrogen-bond acceptors (Lipinski definition) is 2. The van der Waals surface area contributed by atoms with Gasteiger partial charge in [0.05, 0.1) is 6.61 Å². The SMILES string of the molecule is C#CCOCC1CCN(C=O)C1. The molecule has 0 aliphatic carbocycles. The van der Waals surface area contributed by atoms with E-state index in [4.69, 9.17) is 11.2 Å². The first-order valence-corrected chi connectivity index (χ1v) is 4.07. The summed E-state index contributed by atoms with van der Waals surface area (Å²) < 4.78 is 5.18. The van der Waals surface area contributed by atoms with E-state index in [1.54, 1.807) is 4.90 Å². The van der Waals surface area contributed by atoms with Crippen LogP contribution in [-0.4, -0.2) is 37.6 Å². The molecule has 1 heterocycles. The predicted molar refractivity (Wildman–Crippen MR) is 45.4 cm³/mol. The van der Waals surface area contributed by atoms with E-state index in [2.05, 4.69) is 5.92 Å². The van der Waals surface area contributed by atoms with Gasteiger partial charge in [0.2, 0.25) is 6.41 Å². The van der Waals surface area contributed by atoms with Crippen molar-refractivity contribution in [2.75, 3.05) is 26.3 Å². The molecule has 0 saturated carbocycles. The summed E-state index contributed by atoms with van der Waals surface area (Å²) in [5.41, 5.74) is 0. The molecule has 1 fully saturated rings. The highest BCUT2D eigenvalue weighted by atomic mass is 16.5. The van der Waals surface area contributed by atoms with E-state index in [9.17, 15) is 4.79 Å². The summed E-state index contributed by atoms with van der Waals surface area (Å²) >= 11 is 0. The lowest BCUT2D eigenvalue weighted by Gasteiger charge is -2.09. The molecule has 1 aliphatic heterocycles. The molecule has 3 heteroatoms. The Hall–Kier alpha value is -1.01. The lowest BCUT2D eigenvalue weighted by molar-refractivity contribution is -0.117. The first-order valence-electron chi connectivity index (χ1n) is 4.07. The maximum atomic E-state index is 10.3. The van der Waals surface area contributed by atoms with Crippen LogP contribution in [0.15, 0.2) is 0 Å². The fraction of sp³-hybridized carbons (Fsp3) is 0.667. The van der Waals surface area contributed by atoms with Crippen LogP contribution in [0.2, 0.25) is 0 Å². The van der Waals surface area contributed by atoms with Gasteiger partial charge in [0.25, 0.3) is 0 Å². The first-order chi connectivity index (χ1) is 5.86. The van der Waals surface area contributed by atoms with Crippen molar-refractivity contribution >= 4 is 6.41 Å². The Bertz CT molecular complexity index is 185. The van der Waals surface area contributed by atoms with Crippen LogP contribution in [0.1, 0.15) is 6.42 Å².